The van der Waals surface area contributed by atoms with Crippen molar-refractivity contribution in [3.05, 3.63) is 84.4 Å². The van der Waals surface area contributed by atoms with E-state index in [9.17, 15) is 31.2 Å². The summed E-state index contributed by atoms with van der Waals surface area (Å²) in [6.07, 6.45) is 0.525. The number of nitrogens with zero attached hydrogens (tertiary/aromatic N) is 2. The maximum Gasteiger partial charge on any atom is 0.492 e. The molecular weight excluding hydrogens is 709 g/mol. The Morgan fingerprint density at radius 3 is 2.06 bits per heavy atom. The highest BCUT2D eigenvalue weighted by molar-refractivity contribution is 7.89. The van der Waals surface area contributed by atoms with Crippen LogP contribution < -0.4 is 10.5 Å². The van der Waals surface area contributed by atoms with Crippen molar-refractivity contribution < 1.29 is 49.5 Å². The second kappa shape index (κ2) is 15.1. The normalized spacial score (nSPS) is 21.9. The van der Waals surface area contributed by atoms with Gasteiger partial charge in [0, 0.05) is 23.7 Å². The zero-order valence-electron chi connectivity index (χ0n) is 28.2. The first-order chi connectivity index (χ1) is 24.7. The van der Waals surface area contributed by atoms with Gasteiger partial charge in [0.05, 0.1) is 11.5 Å². The van der Waals surface area contributed by atoms with Crippen molar-refractivity contribution in [2.24, 2.45) is 11.7 Å². The number of halogens is 5. The molecule has 280 valence electrons. The summed E-state index contributed by atoms with van der Waals surface area (Å²) in [6, 6.07) is 12.4. The van der Waals surface area contributed by atoms with Gasteiger partial charge in [0.1, 0.15) is 5.75 Å². The van der Waals surface area contributed by atoms with E-state index < -0.39 is 67.1 Å². The number of benzene rings is 3. The number of ether oxygens (including phenoxy) is 1. The number of carbonyl (C=O) groups is 2. The highest BCUT2D eigenvalue weighted by atomic mass is 32.2. The molecule has 3 aliphatic rings. The van der Waals surface area contributed by atoms with Gasteiger partial charge in [-0.05, 0) is 90.4 Å². The van der Waals surface area contributed by atoms with Crippen LogP contribution in [0, 0.1) is 5.92 Å². The van der Waals surface area contributed by atoms with Gasteiger partial charge in [0.25, 0.3) is 15.9 Å². The molecule has 2 bridgehead atoms. The third-order valence-corrected chi connectivity index (χ3v) is 11.8. The molecule has 2 heterocycles. The van der Waals surface area contributed by atoms with E-state index in [1.807, 2.05) is 0 Å². The summed E-state index contributed by atoms with van der Waals surface area (Å²) in [7, 11) is -5.59. The minimum absolute atomic E-state index is 0.210. The van der Waals surface area contributed by atoms with Gasteiger partial charge in [0.2, 0.25) is 6.04 Å². The number of amides is 1. The Morgan fingerprint density at radius 2 is 1.44 bits per heavy atom. The lowest BCUT2D eigenvalue weighted by Gasteiger charge is -2.42. The Hall–Kier alpha value is -4.08. The summed E-state index contributed by atoms with van der Waals surface area (Å²) in [4.78, 5) is 31.5. The lowest BCUT2D eigenvalue weighted by molar-refractivity contribution is -0.240. The molecule has 3 aromatic rings. The molecule has 0 aromatic heterocycles. The standard InChI is InChI=1S/C37H40F5N3O6S/c38-36(39,27-13-7-12-26(20-27)25-10-5-2-6-11-25)33(34(46)44-29-14-15-30(44)22-28(43)21-29)45(51-35(47)37(40,41)42)52(48,49)32-18-16-31(17-19-32)50-23-24-8-3-1-4-9-24/h2,5-7,10-13,16-20,24,28-30,33H,1,3-4,8-9,14-15,21-23,43H2/t28?,29?,30?,33-/m1/s1. The number of nitrogens with two attached hydrogens (primary N) is 1. The van der Waals surface area contributed by atoms with Crippen molar-refractivity contribution >= 4 is 21.9 Å². The van der Waals surface area contributed by atoms with Crippen LogP contribution in [0.2, 0.25) is 0 Å². The molecule has 2 saturated heterocycles. The molecule has 2 aliphatic heterocycles. The van der Waals surface area contributed by atoms with E-state index in [2.05, 4.69) is 4.84 Å². The Bertz CT molecular complexity index is 1820. The fourth-order valence-electron chi connectivity index (χ4n) is 7.55. The number of hydroxylamine groups is 1. The van der Waals surface area contributed by atoms with Crippen LogP contribution >= 0.6 is 0 Å². The van der Waals surface area contributed by atoms with Crippen molar-refractivity contribution in [3.63, 3.8) is 0 Å². The highest BCUT2D eigenvalue weighted by Crippen LogP contribution is 2.44. The molecule has 52 heavy (non-hydrogen) atoms. The van der Waals surface area contributed by atoms with Gasteiger partial charge in [-0.3, -0.25) is 4.79 Å². The third kappa shape index (κ3) is 7.96. The van der Waals surface area contributed by atoms with Gasteiger partial charge in [0.15, 0.2) is 0 Å². The maximum atomic E-state index is 17.2. The minimum atomic E-state index is -5.81. The maximum absolute atomic E-state index is 17.2. The topological polar surface area (TPSA) is 119 Å². The molecule has 3 fully saturated rings. The molecule has 2 unspecified atom stereocenters. The second-order valence-electron chi connectivity index (χ2n) is 13.8. The van der Waals surface area contributed by atoms with E-state index in [-0.39, 0.29) is 30.2 Å². The third-order valence-electron chi connectivity index (χ3n) is 10.1. The first kappa shape index (κ1) is 37.7. The molecule has 6 rings (SSSR count). The summed E-state index contributed by atoms with van der Waals surface area (Å²) in [5.41, 5.74) is 6.02. The van der Waals surface area contributed by atoms with E-state index in [1.165, 1.54) is 24.3 Å². The fourth-order valence-corrected chi connectivity index (χ4v) is 8.90. The molecule has 3 atom stereocenters. The number of fused-ring (bicyclic) bond motifs is 2. The van der Waals surface area contributed by atoms with E-state index in [4.69, 9.17) is 10.5 Å². The Labute approximate surface area is 298 Å². The van der Waals surface area contributed by atoms with Crippen LogP contribution in [0.5, 0.6) is 5.75 Å². The van der Waals surface area contributed by atoms with Crippen molar-refractivity contribution in [2.45, 2.75) is 98.9 Å². The number of hydrogen-bond acceptors (Lipinski definition) is 7. The van der Waals surface area contributed by atoms with Crippen molar-refractivity contribution in [1.82, 2.24) is 9.37 Å². The molecule has 9 nitrogen and oxygen atoms in total. The molecule has 0 radical (unpaired) electrons. The summed E-state index contributed by atoms with van der Waals surface area (Å²) < 4.78 is 109. The van der Waals surface area contributed by atoms with E-state index in [1.54, 1.807) is 30.3 Å². The summed E-state index contributed by atoms with van der Waals surface area (Å²) in [5.74, 6) is -8.62. The van der Waals surface area contributed by atoms with Gasteiger partial charge in [-0.1, -0.05) is 67.8 Å². The predicted molar refractivity (Wildman–Crippen MR) is 180 cm³/mol. The van der Waals surface area contributed by atoms with E-state index in [0.29, 0.717) is 30.9 Å². The molecule has 2 N–H and O–H groups in total. The monoisotopic (exact) mass is 749 g/mol. The largest absolute Gasteiger partial charge is 0.493 e. The van der Waals surface area contributed by atoms with E-state index in [0.717, 1.165) is 61.3 Å². The Balaban J connectivity index is 1.43. The number of carbonyl (C=O) groups excluding carboxylic acids is 2. The van der Waals surface area contributed by atoms with Gasteiger partial charge in [-0.25, -0.2) is 13.2 Å². The van der Waals surface area contributed by atoms with Crippen molar-refractivity contribution in [3.8, 4) is 16.9 Å². The first-order valence-electron chi connectivity index (χ1n) is 17.3. The zero-order valence-corrected chi connectivity index (χ0v) is 29.0. The van der Waals surface area contributed by atoms with Crippen molar-refractivity contribution in [1.29, 1.82) is 0 Å². The number of piperidine rings is 1. The smallest absolute Gasteiger partial charge is 0.492 e. The molecule has 1 amide bonds. The van der Waals surface area contributed by atoms with E-state index >= 15 is 8.78 Å². The van der Waals surface area contributed by atoms with Crippen LogP contribution in [0.1, 0.15) is 63.4 Å². The molecule has 15 heteroatoms. The van der Waals surface area contributed by atoms with Crippen LogP contribution in [0.4, 0.5) is 22.0 Å². The quantitative estimate of drug-likeness (QED) is 0.166. The minimum Gasteiger partial charge on any atom is -0.493 e. The van der Waals surface area contributed by atoms with Crippen LogP contribution in [0.25, 0.3) is 11.1 Å². The van der Waals surface area contributed by atoms with Gasteiger partial charge < -0.3 is 20.2 Å². The van der Waals surface area contributed by atoms with Gasteiger partial charge >= 0.3 is 18.1 Å². The SMILES string of the molecule is NC1CC2CCC(C1)N2C(=O)[C@@H](N(OC(=O)C(F)(F)F)S(=O)(=O)c1ccc(OCC2CCCCC2)cc1)C(F)(F)c1cccc(-c2ccccc2)c1. The lowest BCUT2D eigenvalue weighted by Crippen LogP contribution is -2.62. The Kier molecular flexibility index (Phi) is 10.9. The molecular formula is C37H40F5N3O6S. The van der Waals surface area contributed by atoms with Crippen molar-refractivity contribution in [2.75, 3.05) is 6.61 Å². The number of rotatable bonds is 11. The summed E-state index contributed by atoms with van der Waals surface area (Å²) in [5, 5.41) is 0. The highest BCUT2D eigenvalue weighted by Gasteiger charge is 2.60. The van der Waals surface area contributed by atoms with Crippen LogP contribution in [-0.2, 0) is 30.4 Å². The molecule has 3 aromatic carbocycles. The zero-order chi connectivity index (χ0) is 37.3. The molecule has 1 saturated carbocycles. The first-order valence-corrected chi connectivity index (χ1v) is 18.8. The fraction of sp³-hybridized carbons (Fsp3) is 0.459. The average molecular weight is 750 g/mol. The number of hydrogen-bond donors (Lipinski definition) is 1. The van der Waals surface area contributed by atoms with Gasteiger partial charge in [-0.2, -0.15) is 22.0 Å². The predicted octanol–water partition coefficient (Wildman–Crippen LogP) is 6.97. The van der Waals surface area contributed by atoms with Crippen LogP contribution in [0.15, 0.2) is 83.8 Å². The molecule has 0 spiro atoms. The molecule has 1 aliphatic carbocycles. The van der Waals surface area contributed by atoms with Crippen LogP contribution in [0.3, 0.4) is 0 Å². The van der Waals surface area contributed by atoms with Crippen LogP contribution in [-0.4, -0.2) is 66.6 Å². The summed E-state index contributed by atoms with van der Waals surface area (Å²) >= 11 is 0. The summed E-state index contributed by atoms with van der Waals surface area (Å²) in [6.45, 7) is 0.355. The average Bonchev–Trinajstić information content (AvgIpc) is 3.41. The van der Waals surface area contributed by atoms with Gasteiger partial charge in [-0.15, -0.1) is 0 Å². The lowest BCUT2D eigenvalue weighted by atomic mass is 9.90. The Morgan fingerprint density at radius 1 is 0.827 bits per heavy atom. The second-order valence-corrected chi connectivity index (χ2v) is 15.5. The number of sulfonamides is 1. The number of alkyl halides is 5.